The topological polar surface area (TPSA) is 0 Å². The Labute approximate surface area is 193 Å². The van der Waals surface area contributed by atoms with Gasteiger partial charge >= 0.3 is 21.7 Å². The molecule has 0 nitrogen and oxygen atoms in total. The summed E-state index contributed by atoms with van der Waals surface area (Å²) in [6, 6.07) is 45.7. The minimum Gasteiger partial charge on any atom is -0.213 e. The molecule has 0 spiro atoms. The molecule has 0 amide bonds. The summed E-state index contributed by atoms with van der Waals surface area (Å²) in [5.74, 6) is 0. The van der Waals surface area contributed by atoms with E-state index in [4.69, 9.17) is 0 Å². The molecule has 0 bridgehead atoms. The molecule has 0 saturated heterocycles. The fourth-order valence-electron chi connectivity index (χ4n) is 2.36. The molecule has 29 heavy (non-hydrogen) atoms. The van der Waals surface area contributed by atoms with Crippen LogP contribution in [0.4, 0.5) is 0 Å². The van der Waals surface area contributed by atoms with E-state index < -0.39 is 0 Å². The molecule has 2 radical (unpaired) electrons. The van der Waals surface area contributed by atoms with Crippen molar-refractivity contribution in [1.29, 1.82) is 0 Å². The van der Waals surface area contributed by atoms with Crippen LogP contribution in [0.5, 0.6) is 0 Å². The van der Waals surface area contributed by atoms with E-state index >= 15 is 0 Å². The third kappa shape index (κ3) is 11.2. The smallest absolute Gasteiger partial charge is 0.213 e. The molecule has 142 valence electrons. The molecule has 0 N–H and O–H groups in total. The molecule has 5 aromatic carbocycles. The van der Waals surface area contributed by atoms with Crippen LogP contribution < -0.4 is 5.19 Å². The minimum atomic E-state index is 0. The van der Waals surface area contributed by atoms with Crippen molar-refractivity contribution in [3.63, 3.8) is 0 Å². The van der Waals surface area contributed by atoms with Crippen LogP contribution >= 0.6 is 0 Å². The van der Waals surface area contributed by atoms with E-state index in [0.717, 1.165) is 0 Å². The minimum absolute atomic E-state index is 0. The summed E-state index contributed by atoms with van der Waals surface area (Å²) in [6.07, 6.45) is 0. The number of benzene rings is 3. The Morgan fingerprint density at radius 3 is 1.72 bits per heavy atom. The van der Waals surface area contributed by atoms with E-state index in [0.29, 0.717) is 0 Å². The summed E-state index contributed by atoms with van der Waals surface area (Å²) in [4.78, 5) is 0. The normalized spacial score (nSPS) is 8.76. The Morgan fingerprint density at radius 1 is 0.724 bits per heavy atom. The van der Waals surface area contributed by atoms with Crippen molar-refractivity contribution in [1.82, 2.24) is 0 Å². The van der Waals surface area contributed by atoms with Crippen molar-refractivity contribution in [2.75, 3.05) is 0 Å². The third-order valence-electron chi connectivity index (χ3n) is 3.83. The average molecular weight is 426 g/mol. The molecular weight excluding hydrogens is 400 g/mol. The molecule has 0 saturated carbocycles. The summed E-state index contributed by atoms with van der Waals surface area (Å²) in [5, 5.41) is 4.01. The van der Waals surface area contributed by atoms with Gasteiger partial charge in [-0.25, -0.2) is 12.1 Å². The van der Waals surface area contributed by atoms with Gasteiger partial charge in [-0.2, -0.15) is 71.6 Å². The first-order valence-electron chi connectivity index (χ1n) is 9.32. The first-order valence-corrected chi connectivity index (χ1v) is 10.0. The summed E-state index contributed by atoms with van der Waals surface area (Å²) >= 11 is 0. The van der Waals surface area contributed by atoms with Crippen molar-refractivity contribution in [2.24, 2.45) is 0 Å². The third-order valence-corrected chi connectivity index (χ3v) is 4.30. The number of fused-ring (bicyclic) bond motifs is 1. The van der Waals surface area contributed by atoms with Crippen molar-refractivity contribution < 1.29 is 21.7 Å². The number of rotatable bonds is 0. The molecule has 5 aromatic rings. The van der Waals surface area contributed by atoms with Crippen LogP contribution in [0.2, 0.25) is 0 Å². The van der Waals surface area contributed by atoms with Gasteiger partial charge in [-0.05, 0) is 0 Å². The molecule has 0 unspecified atom stereocenters. The number of aryl methyl sites for hydroxylation is 1. The van der Waals surface area contributed by atoms with E-state index in [-0.39, 0.29) is 21.7 Å². The molecule has 5 rings (SSSR count). The zero-order chi connectivity index (χ0) is 19.9. The maximum absolute atomic E-state index is 2.89. The van der Waals surface area contributed by atoms with E-state index in [2.05, 4.69) is 79.7 Å². The average Bonchev–Trinajstić information content (AvgIpc) is 3.43. The van der Waals surface area contributed by atoms with Crippen molar-refractivity contribution in [3.8, 4) is 0 Å². The Morgan fingerprint density at radius 2 is 1.31 bits per heavy atom. The van der Waals surface area contributed by atoms with Gasteiger partial charge in [-0.15, -0.1) is 29.7 Å². The first kappa shape index (κ1) is 24.6. The van der Waals surface area contributed by atoms with Gasteiger partial charge < -0.3 is 0 Å². The van der Waals surface area contributed by atoms with Crippen molar-refractivity contribution in [3.05, 3.63) is 139 Å². The number of hydrogen-bond acceptors (Lipinski definition) is 0. The second-order valence-electron chi connectivity index (χ2n) is 6.18. The first-order chi connectivity index (χ1) is 13.8. The maximum Gasteiger partial charge on any atom is 3.00 e. The standard InChI is InChI=1S/C9H7.C6H7Si.C6H7.C6H5.Ti/c1-2-5-9-7-3-6-8(9)4-1;7-6-4-2-1-3-5-6;1-6-4-2-3-5-6;1-2-4-6-5-3-1;/h1-7H;1-5H,7H2;2-5H,1H3;1-5H;/q-1;;2*-1;+3. The fraction of sp³-hybridized carbons (Fsp3) is 0.0370. The zero-order valence-electron chi connectivity index (χ0n) is 16.8. The summed E-state index contributed by atoms with van der Waals surface area (Å²) < 4.78 is 0. The summed E-state index contributed by atoms with van der Waals surface area (Å²) in [7, 11) is 1.90. The van der Waals surface area contributed by atoms with E-state index in [1.165, 1.54) is 21.5 Å². The van der Waals surface area contributed by atoms with Crippen LogP contribution in [0.25, 0.3) is 10.8 Å². The Hall–Kier alpha value is -2.45. The predicted octanol–water partition coefficient (Wildman–Crippen LogP) is 5.70. The van der Waals surface area contributed by atoms with E-state index in [1.54, 1.807) is 0 Å². The second-order valence-corrected chi connectivity index (χ2v) is 7.00. The Kier molecular flexibility index (Phi) is 13.1. The van der Waals surface area contributed by atoms with Crippen molar-refractivity contribution in [2.45, 2.75) is 6.92 Å². The van der Waals surface area contributed by atoms with Gasteiger partial charge in [0.15, 0.2) is 0 Å². The zero-order valence-corrected chi connectivity index (χ0v) is 19.8. The second kappa shape index (κ2) is 15.5. The van der Waals surface area contributed by atoms with Gasteiger partial charge in [-0.1, -0.05) is 48.5 Å². The van der Waals surface area contributed by atoms with Crippen LogP contribution in [0.1, 0.15) is 5.56 Å². The van der Waals surface area contributed by atoms with E-state index in [1.807, 2.05) is 70.9 Å². The van der Waals surface area contributed by atoms with Gasteiger partial charge in [0.1, 0.15) is 0 Å². The molecule has 0 fully saturated rings. The quantitative estimate of drug-likeness (QED) is 0.220. The number of hydrogen-bond donors (Lipinski definition) is 0. The predicted molar refractivity (Wildman–Crippen MR) is 126 cm³/mol. The van der Waals surface area contributed by atoms with Gasteiger partial charge in [0.05, 0.1) is 0 Å². The molecule has 0 atom stereocenters. The molecule has 0 heterocycles. The molecule has 0 aliphatic carbocycles. The Balaban J connectivity index is 0.000000194. The van der Waals surface area contributed by atoms with Crippen LogP contribution in [0.3, 0.4) is 0 Å². The molecule has 2 heteroatoms. The molecular formula is C27H26SiTi. The van der Waals surface area contributed by atoms with Gasteiger partial charge in [-0.3, -0.25) is 0 Å². The monoisotopic (exact) mass is 426 g/mol. The Bertz CT molecular complexity index is 914. The fourth-order valence-corrected chi connectivity index (χ4v) is 2.63. The van der Waals surface area contributed by atoms with Crippen LogP contribution in [-0.4, -0.2) is 10.2 Å². The molecule has 0 aliphatic rings. The molecule has 0 aromatic heterocycles. The van der Waals surface area contributed by atoms with Crippen LogP contribution in [0, 0.1) is 13.0 Å². The SMILES string of the molecule is C[c-]1cccc1.[SiH2]c1ccccc1.[Ti+3].[c-]1ccccc1.c1ccc2[cH-]ccc2c1. The van der Waals surface area contributed by atoms with Crippen LogP contribution in [-0.2, 0) is 21.7 Å². The van der Waals surface area contributed by atoms with Gasteiger partial charge in [0, 0.05) is 10.2 Å². The van der Waals surface area contributed by atoms with E-state index in [9.17, 15) is 0 Å². The van der Waals surface area contributed by atoms with Crippen LogP contribution in [0.15, 0.2) is 127 Å². The largest absolute Gasteiger partial charge is 3.00 e. The maximum atomic E-state index is 2.89. The van der Waals surface area contributed by atoms with Gasteiger partial charge in [0.2, 0.25) is 0 Å². The summed E-state index contributed by atoms with van der Waals surface area (Å²) in [5.41, 5.74) is 1.34. The van der Waals surface area contributed by atoms with Gasteiger partial charge in [0.25, 0.3) is 0 Å². The molecule has 0 aliphatic heterocycles. The van der Waals surface area contributed by atoms with Crippen molar-refractivity contribution >= 4 is 26.2 Å². The summed E-state index contributed by atoms with van der Waals surface area (Å²) in [6.45, 7) is 2.08.